The molecule has 2 aromatic rings. The molecule has 0 fully saturated rings. The van der Waals surface area contributed by atoms with E-state index in [1.807, 2.05) is 6.92 Å². The Labute approximate surface area is 397 Å². The third-order valence-corrected chi connectivity index (χ3v) is 16.0. The fourth-order valence-corrected chi connectivity index (χ4v) is 9.82. The number of anilines is 2. The lowest BCUT2D eigenvalue weighted by Gasteiger charge is -2.26. The minimum Gasteiger partial charge on any atom is -0.493 e. The van der Waals surface area contributed by atoms with Gasteiger partial charge in [0, 0.05) is 60.3 Å². The fourth-order valence-electron chi connectivity index (χ4n) is 7.81. The van der Waals surface area contributed by atoms with Crippen molar-refractivity contribution < 1.29 is 73.4 Å². The first-order valence-corrected chi connectivity index (χ1v) is 31.2. The second kappa shape index (κ2) is 20.9. The number of ether oxygens (including phenoxy) is 6. The van der Waals surface area contributed by atoms with Crippen molar-refractivity contribution in [2.45, 2.75) is 108 Å². The summed E-state index contributed by atoms with van der Waals surface area (Å²) in [4.78, 5) is 61.1. The number of rotatable bonds is 22. The molecular weight excluding hydrogens is 950 g/mol. The zero-order valence-electron chi connectivity index (χ0n) is 39.9. The lowest BCUT2D eigenvalue weighted by atomic mass is 10.1. The summed E-state index contributed by atoms with van der Waals surface area (Å²) >= 11 is 0. The molecule has 68 heavy (non-hydrogen) atoms. The molecule has 0 spiro atoms. The first kappa shape index (κ1) is 52.3. The predicted molar refractivity (Wildman–Crippen MR) is 251 cm³/mol. The van der Waals surface area contributed by atoms with Gasteiger partial charge < -0.3 is 37.5 Å². The van der Waals surface area contributed by atoms with Crippen LogP contribution < -0.4 is 28.7 Å². The number of halogens is 3. The largest absolute Gasteiger partial charge is 0.534 e. The molecule has 0 aromatic heterocycles. The first-order chi connectivity index (χ1) is 31.8. The van der Waals surface area contributed by atoms with Crippen LogP contribution in [-0.2, 0) is 33.4 Å². The number of hydrogen-bond donors (Lipinski definition) is 0. The molecule has 0 saturated heterocycles. The predicted octanol–water partition coefficient (Wildman–Crippen LogP) is 7.69. The number of benzene rings is 2. The topological polar surface area (TPSA) is 180 Å². The van der Waals surface area contributed by atoms with Crippen LogP contribution in [0, 0.1) is 0 Å². The minimum atomic E-state index is -6.07. The first-order valence-electron chi connectivity index (χ1n) is 22.4. The summed E-state index contributed by atoms with van der Waals surface area (Å²) in [7, 11) is -6.22. The van der Waals surface area contributed by atoms with Crippen LogP contribution in [0.15, 0.2) is 48.0 Å². The third kappa shape index (κ3) is 12.0. The minimum absolute atomic E-state index is 0.0277. The maximum absolute atomic E-state index is 14.1. The van der Waals surface area contributed by atoms with Crippen molar-refractivity contribution in [3.05, 3.63) is 59.1 Å². The molecule has 0 unspecified atom stereocenters. The van der Waals surface area contributed by atoms with E-state index in [2.05, 4.69) is 43.5 Å². The van der Waals surface area contributed by atoms with Crippen molar-refractivity contribution in [3.63, 3.8) is 0 Å². The molecule has 2 aromatic carbocycles. The zero-order valence-corrected chi connectivity index (χ0v) is 42.8. The maximum Gasteiger partial charge on any atom is 0.534 e. The Hall–Kier alpha value is -5.11. The van der Waals surface area contributed by atoms with Gasteiger partial charge in [-0.1, -0.05) is 44.9 Å². The van der Waals surface area contributed by atoms with Crippen LogP contribution in [0.3, 0.4) is 0 Å². The van der Waals surface area contributed by atoms with E-state index in [0.717, 1.165) is 28.8 Å². The van der Waals surface area contributed by atoms with Gasteiger partial charge in [-0.2, -0.15) is 21.6 Å². The lowest BCUT2D eigenvalue weighted by Crippen LogP contribution is -2.45. The highest BCUT2D eigenvalue weighted by atomic mass is 32.2. The summed E-state index contributed by atoms with van der Waals surface area (Å²) in [6, 6.07) is 5.60. The van der Waals surface area contributed by atoms with Crippen LogP contribution in [-0.4, -0.2) is 130 Å². The Morgan fingerprint density at radius 3 is 1.50 bits per heavy atom. The summed E-state index contributed by atoms with van der Waals surface area (Å²) in [6.45, 7) is 15.9. The van der Waals surface area contributed by atoms with Gasteiger partial charge in [0.2, 0.25) is 0 Å². The number of methoxy groups -OCH3 is 2. The quantitative estimate of drug-likeness (QED) is 0.0486. The molecule has 0 aliphatic carbocycles. The Morgan fingerprint density at radius 2 is 1.07 bits per heavy atom. The van der Waals surface area contributed by atoms with E-state index in [1.54, 1.807) is 18.3 Å². The number of hydrogen-bond acceptors (Lipinski definition) is 13. The second-order valence-corrected chi connectivity index (χ2v) is 32.2. The van der Waals surface area contributed by atoms with E-state index in [9.17, 15) is 40.8 Å². The number of alkyl halides is 3. The molecule has 0 bridgehead atoms. The molecular formula is C45H61F3N4O13SSi2. The number of nitrogens with zero attached hydrogens (tertiary/aromatic N) is 4. The van der Waals surface area contributed by atoms with Crippen LogP contribution in [0.5, 0.6) is 23.0 Å². The Bertz CT molecular complexity index is 2440. The molecule has 0 saturated carbocycles. The second-order valence-electron chi connectivity index (χ2n) is 19.4. The summed E-state index contributed by atoms with van der Waals surface area (Å²) in [5, 5.41) is 0. The monoisotopic (exact) mass is 1010 g/mol. The van der Waals surface area contributed by atoms with Gasteiger partial charge >= 0.3 is 15.6 Å². The molecule has 4 heterocycles. The Morgan fingerprint density at radius 1 is 0.632 bits per heavy atom. The lowest BCUT2D eigenvalue weighted by molar-refractivity contribution is -0.123. The van der Waals surface area contributed by atoms with E-state index in [0.29, 0.717) is 61.6 Å². The summed E-state index contributed by atoms with van der Waals surface area (Å²) in [5.41, 5.74) is -4.11. The van der Waals surface area contributed by atoms with Crippen LogP contribution in [0.25, 0.3) is 0 Å². The highest BCUT2D eigenvalue weighted by molar-refractivity contribution is 7.87. The van der Waals surface area contributed by atoms with Gasteiger partial charge in [-0.25, -0.2) is 0 Å². The van der Waals surface area contributed by atoms with E-state index in [1.165, 1.54) is 41.1 Å². The van der Waals surface area contributed by atoms with E-state index in [-0.39, 0.29) is 61.2 Å². The molecule has 23 heteroatoms. The van der Waals surface area contributed by atoms with Gasteiger partial charge in [-0.3, -0.25) is 33.9 Å². The standard InChI is InChI=1S/C45H61F3N4O13SSi2/c1-29-19-35-43(55)51(27-61-15-17-67(4,5)6)33-23-39(37(59-2)21-31(33)41(53)49(35)25-29)63-13-11-10-12-14-64-40-24-34-32(22-38(40)60-3)42(54)50-26-30(65-66(57,58)45(46,47)48)20-36(50)44(56)52(34)28-62-16-18-68(7,8)9/h21-26,35-36H,10-20,27-28H2,1-9H3/t35-,36-/m0/s1. The Balaban J connectivity index is 1.14. The van der Waals surface area contributed by atoms with E-state index >= 15 is 0 Å². The average molecular weight is 1010 g/mol. The molecule has 6 rings (SSSR count). The molecule has 374 valence electrons. The normalized spacial score (nSPS) is 18.6. The van der Waals surface area contributed by atoms with Gasteiger partial charge in [0.05, 0.1) is 49.9 Å². The fraction of sp³-hybridized carbons (Fsp3) is 0.556. The SMILES string of the molecule is COc1cc2c(cc1OCCCCCOc1cc3c(cc1OC)C(=O)N1C=C(OS(=O)(=O)C(F)(F)F)C[C@H]1C(=O)N3COCC[Si](C)(C)C)N(COCC[Si](C)(C)C)C(=O)[C@@H]1CC(C)=CN1C2=O. The summed E-state index contributed by atoms with van der Waals surface area (Å²) in [5.74, 6) is -1.85. The van der Waals surface area contributed by atoms with E-state index in [4.69, 9.17) is 28.4 Å². The molecule has 4 aliphatic heterocycles. The number of amides is 4. The molecule has 4 amide bonds. The highest BCUT2D eigenvalue weighted by Gasteiger charge is 2.51. The van der Waals surface area contributed by atoms with Crippen molar-refractivity contribution in [1.29, 1.82) is 0 Å². The van der Waals surface area contributed by atoms with E-state index < -0.39 is 67.9 Å². The Kier molecular flexibility index (Phi) is 16.0. The van der Waals surface area contributed by atoms with Crippen molar-refractivity contribution >= 4 is 61.3 Å². The smallest absolute Gasteiger partial charge is 0.493 e. The van der Waals surface area contributed by atoms with Crippen molar-refractivity contribution in [3.8, 4) is 23.0 Å². The molecule has 0 N–H and O–H groups in total. The van der Waals surface area contributed by atoms with Crippen molar-refractivity contribution in [2.24, 2.45) is 0 Å². The summed E-state index contributed by atoms with van der Waals surface area (Å²) in [6.07, 6.45) is 4.03. The van der Waals surface area contributed by atoms with Crippen LogP contribution >= 0.6 is 0 Å². The van der Waals surface area contributed by atoms with Gasteiger partial charge in [0.25, 0.3) is 23.6 Å². The van der Waals surface area contributed by atoms with Crippen LogP contribution in [0.2, 0.25) is 51.4 Å². The van der Waals surface area contributed by atoms with Gasteiger partial charge in [0.15, 0.2) is 23.0 Å². The average Bonchev–Trinajstić information content (AvgIpc) is 3.83. The molecule has 0 radical (unpaired) electrons. The molecule has 2 atom stereocenters. The van der Waals surface area contributed by atoms with Crippen LogP contribution in [0.4, 0.5) is 24.5 Å². The highest BCUT2D eigenvalue weighted by Crippen LogP contribution is 2.43. The summed E-state index contributed by atoms with van der Waals surface area (Å²) < 4.78 is 103. The zero-order chi connectivity index (χ0) is 49.9. The van der Waals surface area contributed by atoms with Crippen molar-refractivity contribution in [1.82, 2.24) is 9.80 Å². The number of carbonyl (C=O) groups excluding carboxylic acids is 4. The van der Waals surface area contributed by atoms with Crippen LogP contribution in [0.1, 0.15) is 59.7 Å². The third-order valence-electron chi connectivity index (χ3n) is 11.6. The number of unbranched alkanes of at least 4 members (excludes halogenated alkanes) is 2. The van der Waals surface area contributed by atoms with Crippen molar-refractivity contribution in [2.75, 3.05) is 63.9 Å². The number of fused-ring (bicyclic) bond motifs is 4. The molecule has 17 nitrogen and oxygen atoms in total. The number of carbonyl (C=O) groups is 4. The van der Waals surface area contributed by atoms with Gasteiger partial charge in [-0.05, 0) is 56.8 Å². The van der Waals surface area contributed by atoms with Gasteiger partial charge in [0.1, 0.15) is 31.3 Å². The maximum atomic E-state index is 14.1. The molecule has 4 aliphatic rings. The van der Waals surface area contributed by atoms with Gasteiger partial charge in [-0.15, -0.1) is 0 Å².